The van der Waals surface area contributed by atoms with Crippen LogP contribution in [0.1, 0.15) is 17.3 Å². The van der Waals surface area contributed by atoms with Crippen molar-refractivity contribution in [2.45, 2.75) is 19.1 Å². The number of nitrogens with zero attached hydrogens (tertiary/aromatic N) is 1. The number of rotatable bonds is 2. The van der Waals surface area contributed by atoms with Crippen molar-refractivity contribution >= 4 is 23.2 Å². The molecule has 3 N–H and O–H groups in total. The van der Waals surface area contributed by atoms with Crippen LogP contribution in [0.5, 0.6) is 0 Å². The van der Waals surface area contributed by atoms with Crippen molar-refractivity contribution in [3.63, 3.8) is 0 Å². The van der Waals surface area contributed by atoms with E-state index in [0.29, 0.717) is 29.4 Å². The lowest BCUT2D eigenvalue weighted by atomic mass is 10.1. The number of halogens is 1. The highest BCUT2D eigenvalue weighted by atomic mass is 35.5. The Labute approximate surface area is 116 Å². The normalized spacial score (nSPS) is 23.4. The number of nitrogen functional groups attached to an aromatic ring is 1. The van der Waals surface area contributed by atoms with E-state index in [1.165, 1.54) is 0 Å². The second kappa shape index (κ2) is 5.77. The molecular weight excluding hydrogens is 268 g/mol. The van der Waals surface area contributed by atoms with E-state index in [-0.39, 0.29) is 24.7 Å². The third kappa shape index (κ3) is 3.18. The molecule has 1 aliphatic rings. The molecule has 1 aliphatic heterocycles. The van der Waals surface area contributed by atoms with Gasteiger partial charge in [0.05, 0.1) is 24.4 Å². The topological polar surface area (TPSA) is 75.8 Å². The molecule has 0 radical (unpaired) electrons. The van der Waals surface area contributed by atoms with Gasteiger partial charge in [0.25, 0.3) is 5.91 Å². The van der Waals surface area contributed by atoms with Crippen molar-refractivity contribution in [1.29, 1.82) is 0 Å². The molecule has 0 bridgehead atoms. The van der Waals surface area contributed by atoms with Crippen LogP contribution in [0.3, 0.4) is 0 Å². The highest BCUT2D eigenvalue weighted by Gasteiger charge is 2.29. The summed E-state index contributed by atoms with van der Waals surface area (Å²) < 4.78 is 5.50. The van der Waals surface area contributed by atoms with Crippen LogP contribution in [0.2, 0.25) is 5.02 Å². The highest BCUT2D eigenvalue weighted by molar-refractivity contribution is 6.31. The van der Waals surface area contributed by atoms with E-state index in [2.05, 4.69) is 0 Å². The molecule has 0 aromatic heterocycles. The molecule has 5 nitrogen and oxygen atoms in total. The monoisotopic (exact) mass is 284 g/mol. The highest BCUT2D eigenvalue weighted by Crippen LogP contribution is 2.21. The van der Waals surface area contributed by atoms with Gasteiger partial charge < -0.3 is 20.5 Å². The van der Waals surface area contributed by atoms with Crippen molar-refractivity contribution < 1.29 is 14.6 Å². The second-order valence-corrected chi connectivity index (χ2v) is 5.13. The molecule has 0 saturated carbocycles. The van der Waals surface area contributed by atoms with Crippen LogP contribution in [0.15, 0.2) is 18.2 Å². The Bertz CT molecular complexity index is 481. The van der Waals surface area contributed by atoms with Crippen LogP contribution in [-0.2, 0) is 4.74 Å². The van der Waals surface area contributed by atoms with Gasteiger partial charge in [0, 0.05) is 23.8 Å². The van der Waals surface area contributed by atoms with Crippen molar-refractivity contribution in [3.05, 3.63) is 28.8 Å². The van der Waals surface area contributed by atoms with Crippen LogP contribution < -0.4 is 5.73 Å². The van der Waals surface area contributed by atoms with Crippen molar-refractivity contribution in [2.24, 2.45) is 0 Å². The smallest absolute Gasteiger partial charge is 0.256 e. The lowest BCUT2D eigenvalue weighted by molar-refractivity contribution is -0.0858. The number of anilines is 1. The Morgan fingerprint density at radius 2 is 2.32 bits per heavy atom. The largest absolute Gasteiger partial charge is 0.398 e. The maximum absolute atomic E-state index is 12.4. The van der Waals surface area contributed by atoms with E-state index in [9.17, 15) is 4.79 Å². The zero-order valence-corrected chi connectivity index (χ0v) is 11.4. The Morgan fingerprint density at radius 3 is 3.00 bits per heavy atom. The third-order valence-electron chi connectivity index (χ3n) is 3.06. The predicted molar refractivity (Wildman–Crippen MR) is 73.2 cm³/mol. The van der Waals surface area contributed by atoms with Gasteiger partial charge in [-0.25, -0.2) is 0 Å². The lowest BCUT2D eigenvalue weighted by Crippen LogP contribution is -2.50. The number of morpholine rings is 1. The fourth-order valence-electron chi connectivity index (χ4n) is 2.20. The summed E-state index contributed by atoms with van der Waals surface area (Å²) in [6, 6.07) is 4.82. The lowest BCUT2D eigenvalue weighted by Gasteiger charge is -2.36. The number of hydrogen-bond acceptors (Lipinski definition) is 4. The van der Waals surface area contributed by atoms with Gasteiger partial charge in [0.1, 0.15) is 0 Å². The third-order valence-corrected chi connectivity index (χ3v) is 3.30. The molecule has 19 heavy (non-hydrogen) atoms. The average molecular weight is 285 g/mol. The summed E-state index contributed by atoms with van der Waals surface area (Å²) >= 11 is 5.89. The zero-order chi connectivity index (χ0) is 14.0. The Kier molecular flexibility index (Phi) is 4.29. The van der Waals surface area contributed by atoms with Crippen LogP contribution in [0, 0.1) is 0 Å². The van der Waals surface area contributed by atoms with Crippen molar-refractivity contribution in [2.75, 3.05) is 25.4 Å². The first-order valence-corrected chi connectivity index (χ1v) is 6.49. The first-order valence-electron chi connectivity index (χ1n) is 6.12. The molecule has 1 saturated heterocycles. The minimum absolute atomic E-state index is 0.112. The average Bonchev–Trinajstić information content (AvgIpc) is 2.40. The number of hydrogen-bond donors (Lipinski definition) is 2. The van der Waals surface area contributed by atoms with E-state index in [4.69, 9.17) is 27.2 Å². The molecule has 6 heteroatoms. The molecule has 104 valence electrons. The Balaban J connectivity index is 2.21. The first kappa shape index (κ1) is 14.1. The molecule has 1 fully saturated rings. The minimum atomic E-state index is -0.354. The Hall–Kier alpha value is -1.30. The maximum atomic E-state index is 12.4. The SMILES string of the molecule is CC1CN(C(=O)c2cc(Cl)ccc2N)CC(CO)O1. The van der Waals surface area contributed by atoms with Crippen LogP contribution in [0.4, 0.5) is 5.69 Å². The molecule has 1 aromatic rings. The molecule has 1 aromatic carbocycles. The van der Waals surface area contributed by atoms with Gasteiger partial charge in [-0.2, -0.15) is 0 Å². The van der Waals surface area contributed by atoms with Gasteiger partial charge in [-0.1, -0.05) is 11.6 Å². The van der Waals surface area contributed by atoms with E-state index in [1.807, 2.05) is 6.92 Å². The van der Waals surface area contributed by atoms with Crippen LogP contribution in [-0.4, -0.2) is 47.8 Å². The van der Waals surface area contributed by atoms with Gasteiger partial charge >= 0.3 is 0 Å². The maximum Gasteiger partial charge on any atom is 0.256 e. The molecule has 1 heterocycles. The molecule has 2 atom stereocenters. The number of aliphatic hydroxyl groups excluding tert-OH is 1. The molecule has 0 aliphatic carbocycles. The standard InChI is InChI=1S/C13H17ClN2O3/c1-8-5-16(6-10(7-17)19-8)13(18)11-4-9(14)2-3-12(11)15/h2-4,8,10,17H,5-7,15H2,1H3. The zero-order valence-electron chi connectivity index (χ0n) is 10.7. The fourth-order valence-corrected chi connectivity index (χ4v) is 2.37. The van der Waals surface area contributed by atoms with E-state index in [0.717, 1.165) is 0 Å². The van der Waals surface area contributed by atoms with Crippen LogP contribution in [0.25, 0.3) is 0 Å². The molecular formula is C13H17ClN2O3. The van der Waals surface area contributed by atoms with Gasteiger partial charge in [0.2, 0.25) is 0 Å². The fraction of sp³-hybridized carbons (Fsp3) is 0.462. The molecule has 0 spiro atoms. The quantitative estimate of drug-likeness (QED) is 0.799. The summed E-state index contributed by atoms with van der Waals surface area (Å²) in [6.07, 6.45) is -0.469. The molecule has 2 rings (SSSR count). The van der Waals surface area contributed by atoms with Crippen molar-refractivity contribution in [3.8, 4) is 0 Å². The van der Waals surface area contributed by atoms with Gasteiger partial charge in [-0.3, -0.25) is 4.79 Å². The number of amides is 1. The summed E-state index contributed by atoms with van der Waals surface area (Å²) in [5.74, 6) is -0.186. The van der Waals surface area contributed by atoms with Gasteiger partial charge in [-0.05, 0) is 25.1 Å². The summed E-state index contributed by atoms with van der Waals surface area (Å²) in [6.45, 7) is 2.58. The van der Waals surface area contributed by atoms with Crippen LogP contribution >= 0.6 is 11.6 Å². The number of carbonyl (C=O) groups excluding carboxylic acids is 1. The summed E-state index contributed by atoms with van der Waals surface area (Å²) in [4.78, 5) is 14.1. The van der Waals surface area contributed by atoms with Gasteiger partial charge in [-0.15, -0.1) is 0 Å². The number of carbonyl (C=O) groups is 1. The molecule has 2 unspecified atom stereocenters. The number of aliphatic hydroxyl groups is 1. The number of ether oxygens (including phenoxy) is 1. The minimum Gasteiger partial charge on any atom is -0.398 e. The van der Waals surface area contributed by atoms with E-state index < -0.39 is 0 Å². The predicted octanol–water partition coefficient (Wildman–Crippen LogP) is 1.14. The van der Waals surface area contributed by atoms with E-state index in [1.54, 1.807) is 23.1 Å². The van der Waals surface area contributed by atoms with Crippen molar-refractivity contribution in [1.82, 2.24) is 4.90 Å². The van der Waals surface area contributed by atoms with E-state index >= 15 is 0 Å². The summed E-state index contributed by atoms with van der Waals surface area (Å²) in [7, 11) is 0. The van der Waals surface area contributed by atoms with Gasteiger partial charge in [0.15, 0.2) is 0 Å². The number of benzene rings is 1. The molecule has 1 amide bonds. The second-order valence-electron chi connectivity index (χ2n) is 4.69. The Morgan fingerprint density at radius 1 is 1.58 bits per heavy atom. The first-order chi connectivity index (χ1) is 9.01. The summed E-state index contributed by atoms with van der Waals surface area (Å²) in [5, 5.41) is 9.64. The summed E-state index contributed by atoms with van der Waals surface area (Å²) in [5.41, 5.74) is 6.60. The number of nitrogens with two attached hydrogens (primary N) is 1.